The van der Waals surface area contributed by atoms with Crippen LogP contribution >= 0.6 is 0 Å². The number of hydrogen-bond donors (Lipinski definition) is 0. The first-order valence-corrected chi connectivity index (χ1v) is 8.42. The van der Waals surface area contributed by atoms with E-state index in [4.69, 9.17) is 4.74 Å². The van der Waals surface area contributed by atoms with Gasteiger partial charge in [0.15, 0.2) is 5.78 Å². The van der Waals surface area contributed by atoms with Crippen LogP contribution in [0.1, 0.15) is 38.2 Å². The van der Waals surface area contributed by atoms with Gasteiger partial charge in [-0.1, -0.05) is 18.9 Å². The highest BCUT2D eigenvalue weighted by atomic mass is 16.5. The average Bonchev–Trinajstić information content (AvgIpc) is 2.81. The summed E-state index contributed by atoms with van der Waals surface area (Å²) >= 11 is 0. The Morgan fingerprint density at radius 1 is 1.26 bits per heavy atom. The third kappa shape index (κ3) is 3.46. The van der Waals surface area contributed by atoms with Gasteiger partial charge in [-0.25, -0.2) is 0 Å². The van der Waals surface area contributed by atoms with Crippen LogP contribution in [-0.4, -0.2) is 30.5 Å². The second-order valence-corrected chi connectivity index (χ2v) is 6.34. The molecule has 1 aliphatic rings. The highest BCUT2D eigenvalue weighted by Gasteiger charge is 2.21. The fraction of sp³-hybridized carbons (Fsp3) is 0.474. The van der Waals surface area contributed by atoms with Gasteiger partial charge in [0.05, 0.1) is 5.52 Å². The molecule has 4 nitrogen and oxygen atoms in total. The van der Waals surface area contributed by atoms with E-state index in [1.54, 1.807) is 6.92 Å². The van der Waals surface area contributed by atoms with E-state index in [0.29, 0.717) is 0 Å². The first-order chi connectivity index (χ1) is 11.2. The minimum absolute atomic E-state index is 0.0346. The first kappa shape index (κ1) is 15.8. The number of fused-ring (bicyclic) bond motifs is 1. The third-order valence-corrected chi connectivity index (χ3v) is 4.35. The lowest BCUT2D eigenvalue weighted by Gasteiger charge is -2.27. The number of ketones is 1. The smallest absolute Gasteiger partial charge is 0.167 e. The zero-order valence-corrected chi connectivity index (χ0v) is 14.0. The largest absolute Gasteiger partial charge is 0.483 e. The molecule has 0 N–H and O–H groups in total. The summed E-state index contributed by atoms with van der Waals surface area (Å²) in [6.07, 6.45) is 6.76. The summed E-state index contributed by atoms with van der Waals surface area (Å²) in [6, 6.07) is 6.15. The second-order valence-electron chi connectivity index (χ2n) is 6.34. The molecular formula is C19H24N2O2. The zero-order valence-electron chi connectivity index (χ0n) is 14.0. The SMILES string of the molecule is CC(=O)COc1c(C)cc2cccnc2c1N1CCCCCC1. The van der Waals surface area contributed by atoms with Crippen molar-refractivity contribution in [3.05, 3.63) is 30.0 Å². The monoisotopic (exact) mass is 312 g/mol. The molecule has 0 unspecified atom stereocenters. The topological polar surface area (TPSA) is 42.4 Å². The summed E-state index contributed by atoms with van der Waals surface area (Å²) in [7, 11) is 0. The molecule has 1 aliphatic heterocycles. The van der Waals surface area contributed by atoms with Gasteiger partial charge in [-0.3, -0.25) is 9.78 Å². The van der Waals surface area contributed by atoms with E-state index in [0.717, 1.165) is 41.0 Å². The number of nitrogens with zero attached hydrogens (tertiary/aromatic N) is 2. The molecule has 2 heterocycles. The molecule has 23 heavy (non-hydrogen) atoms. The maximum atomic E-state index is 11.4. The van der Waals surface area contributed by atoms with Gasteiger partial charge in [-0.05, 0) is 44.4 Å². The molecule has 0 bridgehead atoms. The van der Waals surface area contributed by atoms with Crippen LogP contribution in [0, 0.1) is 6.92 Å². The van der Waals surface area contributed by atoms with Crippen LogP contribution in [0.3, 0.4) is 0 Å². The van der Waals surface area contributed by atoms with Gasteiger partial charge < -0.3 is 9.64 Å². The maximum absolute atomic E-state index is 11.4. The first-order valence-electron chi connectivity index (χ1n) is 8.42. The minimum atomic E-state index is 0.0346. The van der Waals surface area contributed by atoms with Crippen molar-refractivity contribution in [3.63, 3.8) is 0 Å². The van der Waals surface area contributed by atoms with E-state index < -0.39 is 0 Å². The van der Waals surface area contributed by atoms with Crippen molar-refractivity contribution in [3.8, 4) is 5.75 Å². The standard InChI is InChI=1S/C19H24N2O2/c1-14-12-16-8-7-9-20-17(16)18(19(14)23-13-15(2)22)21-10-5-3-4-6-11-21/h7-9,12H,3-6,10-11,13H2,1-2H3. The van der Waals surface area contributed by atoms with Gasteiger partial charge in [-0.2, -0.15) is 0 Å². The maximum Gasteiger partial charge on any atom is 0.167 e. The average molecular weight is 312 g/mol. The highest BCUT2D eigenvalue weighted by molar-refractivity contribution is 5.95. The molecule has 1 aromatic carbocycles. The quantitative estimate of drug-likeness (QED) is 0.859. The van der Waals surface area contributed by atoms with E-state index in [2.05, 4.69) is 22.0 Å². The molecule has 1 fully saturated rings. The number of aryl methyl sites for hydroxylation is 1. The Balaban J connectivity index is 2.12. The lowest BCUT2D eigenvalue weighted by atomic mass is 10.1. The number of Topliss-reactive ketones (excluding diaryl/α,β-unsaturated/α-hetero) is 1. The summed E-state index contributed by atoms with van der Waals surface area (Å²) < 4.78 is 5.90. The molecule has 0 saturated carbocycles. The number of anilines is 1. The van der Waals surface area contributed by atoms with Gasteiger partial charge in [0.1, 0.15) is 18.0 Å². The van der Waals surface area contributed by atoms with Gasteiger partial charge >= 0.3 is 0 Å². The summed E-state index contributed by atoms with van der Waals surface area (Å²) in [6.45, 7) is 5.75. The number of pyridine rings is 1. The molecule has 0 atom stereocenters. The highest BCUT2D eigenvalue weighted by Crippen LogP contribution is 2.39. The van der Waals surface area contributed by atoms with Crippen molar-refractivity contribution >= 4 is 22.4 Å². The number of ether oxygens (including phenoxy) is 1. The number of aromatic nitrogens is 1. The molecule has 0 radical (unpaired) electrons. The van der Waals surface area contributed by atoms with Crippen molar-refractivity contribution in [2.24, 2.45) is 0 Å². The van der Waals surface area contributed by atoms with Crippen molar-refractivity contribution in [1.82, 2.24) is 4.98 Å². The third-order valence-electron chi connectivity index (χ3n) is 4.35. The number of hydrogen-bond acceptors (Lipinski definition) is 4. The van der Waals surface area contributed by atoms with Crippen LogP contribution in [0.2, 0.25) is 0 Å². The second kappa shape index (κ2) is 6.99. The molecule has 1 saturated heterocycles. The molecule has 1 aromatic heterocycles. The van der Waals surface area contributed by atoms with Crippen LogP contribution in [0.25, 0.3) is 10.9 Å². The Bertz CT molecular complexity index is 704. The predicted molar refractivity (Wildman–Crippen MR) is 93.3 cm³/mol. The summed E-state index contributed by atoms with van der Waals surface area (Å²) in [4.78, 5) is 18.4. The predicted octanol–water partition coefficient (Wildman–Crippen LogP) is 3.89. The van der Waals surface area contributed by atoms with Gasteiger partial charge in [0.25, 0.3) is 0 Å². The van der Waals surface area contributed by atoms with E-state index in [1.807, 2.05) is 19.2 Å². The summed E-state index contributed by atoms with van der Waals surface area (Å²) in [5.41, 5.74) is 3.09. The summed E-state index contributed by atoms with van der Waals surface area (Å²) in [5.74, 6) is 0.848. The molecular weight excluding hydrogens is 288 g/mol. The lowest BCUT2D eigenvalue weighted by molar-refractivity contribution is -0.118. The molecule has 122 valence electrons. The molecule has 2 aromatic rings. The molecule has 4 heteroatoms. The molecule has 0 aliphatic carbocycles. The van der Waals surface area contributed by atoms with Gasteiger partial charge in [-0.15, -0.1) is 0 Å². The Kier molecular flexibility index (Phi) is 4.79. The fourth-order valence-corrected chi connectivity index (χ4v) is 3.27. The van der Waals surface area contributed by atoms with E-state index >= 15 is 0 Å². The molecule has 3 rings (SSSR count). The fourth-order valence-electron chi connectivity index (χ4n) is 3.27. The number of rotatable bonds is 4. The Morgan fingerprint density at radius 3 is 2.70 bits per heavy atom. The van der Waals surface area contributed by atoms with Crippen LogP contribution in [0.4, 0.5) is 5.69 Å². The van der Waals surface area contributed by atoms with E-state index in [1.165, 1.54) is 25.7 Å². The lowest BCUT2D eigenvalue weighted by Crippen LogP contribution is -2.25. The van der Waals surface area contributed by atoms with Gasteiger partial charge in [0, 0.05) is 24.7 Å². The van der Waals surface area contributed by atoms with Crippen molar-refractivity contribution < 1.29 is 9.53 Å². The van der Waals surface area contributed by atoms with Gasteiger partial charge in [0.2, 0.25) is 0 Å². The van der Waals surface area contributed by atoms with Crippen LogP contribution in [0.5, 0.6) is 5.75 Å². The van der Waals surface area contributed by atoms with Crippen LogP contribution in [-0.2, 0) is 4.79 Å². The zero-order chi connectivity index (χ0) is 16.2. The minimum Gasteiger partial charge on any atom is -0.483 e. The van der Waals surface area contributed by atoms with Crippen molar-refractivity contribution in [1.29, 1.82) is 0 Å². The van der Waals surface area contributed by atoms with Crippen LogP contribution in [0.15, 0.2) is 24.4 Å². The normalized spacial score (nSPS) is 15.5. The molecule has 0 spiro atoms. The Morgan fingerprint density at radius 2 is 2.00 bits per heavy atom. The number of benzene rings is 1. The molecule has 0 amide bonds. The van der Waals surface area contributed by atoms with E-state index in [-0.39, 0.29) is 12.4 Å². The Labute approximate surface area is 137 Å². The van der Waals surface area contributed by atoms with E-state index in [9.17, 15) is 4.79 Å². The van der Waals surface area contributed by atoms with Crippen molar-refractivity contribution in [2.45, 2.75) is 39.5 Å². The van der Waals surface area contributed by atoms with Crippen molar-refractivity contribution in [2.75, 3.05) is 24.6 Å². The summed E-state index contributed by atoms with van der Waals surface area (Å²) in [5, 5.41) is 1.12. The Hall–Kier alpha value is -2.10. The number of carbonyl (C=O) groups excluding carboxylic acids is 1. The van der Waals surface area contributed by atoms with Crippen LogP contribution < -0.4 is 9.64 Å². The number of carbonyl (C=O) groups is 1.